The first-order valence-corrected chi connectivity index (χ1v) is 8.16. The van der Waals surface area contributed by atoms with Gasteiger partial charge < -0.3 is 19.3 Å². The standard InChI is InChI=1S/C19H17ClN2O4/c1-11-4-6-12(7-5-11)14-9-18(26-22-14)19(23)21-15-8-13(20)16(24-2)10-17(15)25-3/h4-10H,1-3H3,(H,21,23). The molecule has 0 saturated heterocycles. The number of rotatable bonds is 5. The molecule has 1 heterocycles. The van der Waals surface area contributed by atoms with Gasteiger partial charge in [0.25, 0.3) is 5.91 Å². The lowest BCUT2D eigenvalue weighted by molar-refractivity contribution is 0.0987. The summed E-state index contributed by atoms with van der Waals surface area (Å²) >= 11 is 6.12. The fourth-order valence-electron chi connectivity index (χ4n) is 2.38. The molecule has 7 heteroatoms. The topological polar surface area (TPSA) is 73.6 Å². The summed E-state index contributed by atoms with van der Waals surface area (Å²) < 4.78 is 15.6. The molecule has 26 heavy (non-hydrogen) atoms. The van der Waals surface area contributed by atoms with Gasteiger partial charge in [0.15, 0.2) is 0 Å². The average molecular weight is 373 g/mol. The van der Waals surface area contributed by atoms with Crippen LogP contribution >= 0.6 is 11.6 Å². The Labute approximate surface area is 155 Å². The van der Waals surface area contributed by atoms with Gasteiger partial charge in [-0.3, -0.25) is 4.79 Å². The molecule has 3 rings (SSSR count). The number of anilines is 1. The highest BCUT2D eigenvalue weighted by molar-refractivity contribution is 6.32. The van der Waals surface area contributed by atoms with E-state index in [9.17, 15) is 4.79 Å². The van der Waals surface area contributed by atoms with Crippen LogP contribution in [-0.2, 0) is 0 Å². The molecule has 1 N–H and O–H groups in total. The Kier molecular flexibility index (Phi) is 5.14. The number of halogens is 1. The Morgan fingerprint density at radius 2 is 1.77 bits per heavy atom. The molecule has 1 aromatic heterocycles. The van der Waals surface area contributed by atoms with Crippen LogP contribution in [0.2, 0.25) is 5.02 Å². The lowest BCUT2D eigenvalue weighted by Gasteiger charge is -2.12. The zero-order valence-electron chi connectivity index (χ0n) is 14.5. The van der Waals surface area contributed by atoms with Crippen molar-refractivity contribution in [3.8, 4) is 22.8 Å². The Morgan fingerprint density at radius 1 is 1.08 bits per heavy atom. The van der Waals surface area contributed by atoms with Gasteiger partial charge in [0.2, 0.25) is 5.76 Å². The molecule has 0 aliphatic carbocycles. The lowest BCUT2D eigenvalue weighted by Crippen LogP contribution is -2.12. The lowest BCUT2D eigenvalue weighted by atomic mass is 10.1. The van der Waals surface area contributed by atoms with Crippen LogP contribution in [-0.4, -0.2) is 25.3 Å². The van der Waals surface area contributed by atoms with E-state index >= 15 is 0 Å². The SMILES string of the molecule is COc1cc(OC)c(NC(=O)c2cc(-c3ccc(C)cc3)no2)cc1Cl. The first-order valence-electron chi connectivity index (χ1n) is 7.78. The first kappa shape index (κ1) is 17.8. The molecule has 0 atom stereocenters. The molecule has 0 fully saturated rings. The minimum atomic E-state index is -0.463. The zero-order chi connectivity index (χ0) is 18.7. The number of aryl methyl sites for hydroxylation is 1. The van der Waals surface area contributed by atoms with Crippen molar-refractivity contribution in [3.05, 3.63) is 58.8 Å². The maximum Gasteiger partial charge on any atom is 0.294 e. The summed E-state index contributed by atoms with van der Waals surface area (Å²) in [5.74, 6) is 0.477. The van der Waals surface area contributed by atoms with Gasteiger partial charge in [0.1, 0.15) is 17.2 Å². The van der Waals surface area contributed by atoms with Crippen LogP contribution in [0.5, 0.6) is 11.5 Å². The number of carbonyl (C=O) groups excluding carboxylic acids is 1. The van der Waals surface area contributed by atoms with Crippen molar-refractivity contribution in [2.75, 3.05) is 19.5 Å². The first-order chi connectivity index (χ1) is 12.5. The van der Waals surface area contributed by atoms with Crippen molar-refractivity contribution in [2.24, 2.45) is 0 Å². The van der Waals surface area contributed by atoms with Crippen LogP contribution in [0.25, 0.3) is 11.3 Å². The van der Waals surface area contributed by atoms with Gasteiger partial charge >= 0.3 is 0 Å². The largest absolute Gasteiger partial charge is 0.495 e. The average Bonchev–Trinajstić information content (AvgIpc) is 3.13. The summed E-state index contributed by atoms with van der Waals surface area (Å²) in [5, 5.41) is 7.01. The van der Waals surface area contributed by atoms with Gasteiger partial charge in [0, 0.05) is 17.7 Å². The van der Waals surface area contributed by atoms with Crippen molar-refractivity contribution in [1.82, 2.24) is 5.16 Å². The number of carbonyl (C=O) groups is 1. The number of benzene rings is 2. The van der Waals surface area contributed by atoms with Gasteiger partial charge in [0.05, 0.1) is 24.9 Å². The number of amides is 1. The molecule has 3 aromatic rings. The van der Waals surface area contributed by atoms with E-state index in [0.29, 0.717) is 27.9 Å². The maximum atomic E-state index is 12.5. The van der Waals surface area contributed by atoms with Crippen molar-refractivity contribution in [1.29, 1.82) is 0 Å². The van der Waals surface area contributed by atoms with Crippen LogP contribution in [0, 0.1) is 6.92 Å². The van der Waals surface area contributed by atoms with Crippen molar-refractivity contribution < 1.29 is 18.8 Å². The van der Waals surface area contributed by atoms with Crippen molar-refractivity contribution in [3.63, 3.8) is 0 Å². The molecule has 0 aliphatic heterocycles. The normalized spacial score (nSPS) is 10.5. The number of ether oxygens (including phenoxy) is 2. The third-order valence-electron chi connectivity index (χ3n) is 3.80. The fourth-order valence-corrected chi connectivity index (χ4v) is 2.63. The third-order valence-corrected chi connectivity index (χ3v) is 4.10. The zero-order valence-corrected chi connectivity index (χ0v) is 15.3. The number of hydrogen-bond acceptors (Lipinski definition) is 5. The minimum absolute atomic E-state index is 0.0783. The molecule has 0 bridgehead atoms. The molecule has 0 spiro atoms. The fraction of sp³-hybridized carbons (Fsp3) is 0.158. The van der Waals surface area contributed by atoms with Crippen LogP contribution in [0.3, 0.4) is 0 Å². The highest BCUT2D eigenvalue weighted by atomic mass is 35.5. The Bertz CT molecular complexity index is 935. The molecule has 0 unspecified atom stereocenters. The molecule has 0 saturated carbocycles. The Morgan fingerprint density at radius 3 is 2.42 bits per heavy atom. The van der Waals surface area contributed by atoms with Gasteiger partial charge in [-0.1, -0.05) is 46.6 Å². The molecule has 6 nitrogen and oxygen atoms in total. The number of aromatic nitrogens is 1. The predicted molar refractivity (Wildman–Crippen MR) is 99.2 cm³/mol. The highest BCUT2D eigenvalue weighted by Crippen LogP contribution is 2.36. The number of hydrogen-bond donors (Lipinski definition) is 1. The van der Waals surface area contributed by atoms with Crippen LogP contribution in [0.1, 0.15) is 16.1 Å². The summed E-state index contributed by atoms with van der Waals surface area (Å²) in [7, 11) is 2.99. The van der Waals surface area contributed by atoms with Gasteiger partial charge in [-0.15, -0.1) is 0 Å². The van der Waals surface area contributed by atoms with Crippen LogP contribution in [0.4, 0.5) is 5.69 Å². The Balaban J connectivity index is 1.83. The van der Waals surface area contributed by atoms with E-state index in [1.54, 1.807) is 18.2 Å². The quantitative estimate of drug-likeness (QED) is 0.710. The third kappa shape index (κ3) is 3.65. The van der Waals surface area contributed by atoms with E-state index in [0.717, 1.165) is 11.1 Å². The smallest absolute Gasteiger partial charge is 0.294 e. The monoisotopic (exact) mass is 372 g/mol. The molecule has 2 aromatic carbocycles. The molecule has 0 aliphatic rings. The van der Waals surface area contributed by atoms with Crippen molar-refractivity contribution in [2.45, 2.75) is 6.92 Å². The molecule has 0 radical (unpaired) electrons. The second-order valence-corrected chi connectivity index (χ2v) is 5.99. The summed E-state index contributed by atoms with van der Waals surface area (Å²) in [6.07, 6.45) is 0. The van der Waals surface area contributed by atoms with Gasteiger partial charge in [-0.05, 0) is 13.0 Å². The van der Waals surface area contributed by atoms with E-state index in [1.165, 1.54) is 14.2 Å². The van der Waals surface area contributed by atoms with E-state index in [2.05, 4.69) is 10.5 Å². The minimum Gasteiger partial charge on any atom is -0.495 e. The van der Waals surface area contributed by atoms with E-state index in [-0.39, 0.29) is 5.76 Å². The number of nitrogens with zero attached hydrogens (tertiary/aromatic N) is 1. The van der Waals surface area contributed by atoms with Crippen LogP contribution < -0.4 is 14.8 Å². The second kappa shape index (κ2) is 7.49. The van der Waals surface area contributed by atoms with Gasteiger partial charge in [-0.2, -0.15) is 0 Å². The second-order valence-electron chi connectivity index (χ2n) is 5.58. The van der Waals surface area contributed by atoms with Crippen molar-refractivity contribution >= 4 is 23.2 Å². The van der Waals surface area contributed by atoms with E-state index in [4.69, 9.17) is 25.6 Å². The molecule has 134 valence electrons. The summed E-state index contributed by atoms with van der Waals surface area (Å²) in [5.41, 5.74) is 2.98. The number of methoxy groups -OCH3 is 2. The molecular weight excluding hydrogens is 356 g/mol. The highest BCUT2D eigenvalue weighted by Gasteiger charge is 2.17. The molecular formula is C19H17ClN2O4. The maximum absolute atomic E-state index is 12.5. The van der Waals surface area contributed by atoms with Gasteiger partial charge in [-0.25, -0.2) is 0 Å². The predicted octanol–water partition coefficient (Wildman–Crippen LogP) is 4.57. The summed E-state index contributed by atoms with van der Waals surface area (Å²) in [6.45, 7) is 2.00. The van der Waals surface area contributed by atoms with E-state index in [1.807, 2.05) is 31.2 Å². The van der Waals surface area contributed by atoms with Crippen LogP contribution in [0.15, 0.2) is 47.0 Å². The Hall–Kier alpha value is -2.99. The van der Waals surface area contributed by atoms with E-state index < -0.39 is 5.91 Å². The summed E-state index contributed by atoms with van der Waals surface area (Å²) in [6, 6.07) is 12.5. The number of nitrogens with one attached hydrogen (secondary N) is 1. The molecule has 1 amide bonds. The summed E-state index contributed by atoms with van der Waals surface area (Å²) in [4.78, 5) is 12.5.